The molecule has 0 aliphatic heterocycles. The van der Waals surface area contributed by atoms with Crippen LogP contribution in [0.15, 0.2) is 48.5 Å². The molecule has 0 spiro atoms. The van der Waals surface area contributed by atoms with Crippen molar-refractivity contribution >= 4 is 21.8 Å². The van der Waals surface area contributed by atoms with Crippen molar-refractivity contribution < 1.29 is 0 Å². The highest BCUT2D eigenvalue weighted by atomic mass is 14.7. The van der Waals surface area contributed by atoms with E-state index < -0.39 is 0 Å². The van der Waals surface area contributed by atoms with E-state index in [9.17, 15) is 0 Å². The molecule has 0 saturated heterocycles. The van der Waals surface area contributed by atoms with Gasteiger partial charge in [-0.3, -0.25) is 0 Å². The molecule has 1 aromatic heterocycles. The lowest BCUT2D eigenvalue weighted by Gasteiger charge is -2.10. The zero-order valence-corrected chi connectivity index (χ0v) is 14.1. The molecule has 0 unspecified atom stereocenters. The van der Waals surface area contributed by atoms with E-state index in [0.717, 1.165) is 0 Å². The normalized spacial score (nSPS) is 11.5. The smallest absolute Gasteiger partial charge is 0.0544 e. The van der Waals surface area contributed by atoms with Crippen LogP contribution in [0.3, 0.4) is 0 Å². The number of rotatable bonds is 1. The van der Waals surface area contributed by atoms with Gasteiger partial charge in [-0.1, -0.05) is 48.5 Å². The molecule has 0 saturated carbocycles. The van der Waals surface area contributed by atoms with E-state index in [4.69, 9.17) is 0 Å². The van der Waals surface area contributed by atoms with Crippen molar-refractivity contribution in [2.24, 2.45) is 0 Å². The average Bonchev–Trinajstić information content (AvgIpc) is 2.98. The Morgan fingerprint density at radius 1 is 0.609 bits per heavy atom. The number of H-pyrrole nitrogens is 1. The number of benzene rings is 3. The molecule has 1 heterocycles. The second-order valence-corrected chi connectivity index (χ2v) is 6.47. The Balaban J connectivity index is 2.19. The third kappa shape index (κ3) is 1.93. The van der Waals surface area contributed by atoms with Crippen LogP contribution in [0.25, 0.3) is 32.9 Å². The highest BCUT2D eigenvalue weighted by molar-refractivity contribution is 6.14. The molecule has 0 aliphatic carbocycles. The molecule has 114 valence electrons. The van der Waals surface area contributed by atoms with Crippen molar-refractivity contribution in [2.45, 2.75) is 27.7 Å². The van der Waals surface area contributed by atoms with Crippen molar-refractivity contribution in [1.82, 2.24) is 4.98 Å². The second-order valence-electron chi connectivity index (χ2n) is 6.47. The molecule has 0 bridgehead atoms. The Morgan fingerprint density at radius 2 is 1.30 bits per heavy atom. The van der Waals surface area contributed by atoms with Crippen LogP contribution >= 0.6 is 0 Å². The van der Waals surface area contributed by atoms with Gasteiger partial charge in [0, 0.05) is 21.9 Å². The Hall–Kier alpha value is -2.54. The summed E-state index contributed by atoms with van der Waals surface area (Å²) in [6, 6.07) is 17.2. The SMILES string of the molecule is Cc1c(C)c(C)c2c([nH]c3c(-c4ccccc4)cccc32)c1C. The molecule has 1 nitrogen and oxygen atoms in total. The van der Waals surface area contributed by atoms with Crippen LogP contribution in [0.1, 0.15) is 22.3 Å². The second kappa shape index (κ2) is 4.99. The van der Waals surface area contributed by atoms with Crippen molar-refractivity contribution in [3.8, 4) is 11.1 Å². The maximum absolute atomic E-state index is 3.72. The van der Waals surface area contributed by atoms with Gasteiger partial charge in [0.25, 0.3) is 0 Å². The molecule has 4 aromatic rings. The predicted molar refractivity (Wildman–Crippen MR) is 100 cm³/mol. The summed E-state index contributed by atoms with van der Waals surface area (Å²) in [4.78, 5) is 3.72. The number of hydrogen-bond acceptors (Lipinski definition) is 0. The topological polar surface area (TPSA) is 15.8 Å². The van der Waals surface area contributed by atoms with Crippen molar-refractivity contribution in [1.29, 1.82) is 0 Å². The Morgan fingerprint density at radius 3 is 2.04 bits per heavy atom. The Labute approximate surface area is 137 Å². The molecule has 0 fully saturated rings. The summed E-state index contributed by atoms with van der Waals surface area (Å²) in [5, 5.41) is 2.70. The van der Waals surface area contributed by atoms with Crippen molar-refractivity contribution in [3.63, 3.8) is 0 Å². The lowest BCUT2D eigenvalue weighted by Crippen LogP contribution is -1.92. The monoisotopic (exact) mass is 299 g/mol. The van der Waals surface area contributed by atoms with Gasteiger partial charge in [0.2, 0.25) is 0 Å². The van der Waals surface area contributed by atoms with E-state index >= 15 is 0 Å². The summed E-state index contributed by atoms with van der Waals surface area (Å²) in [6.07, 6.45) is 0. The van der Waals surface area contributed by atoms with Gasteiger partial charge in [0.15, 0.2) is 0 Å². The van der Waals surface area contributed by atoms with Gasteiger partial charge in [-0.15, -0.1) is 0 Å². The van der Waals surface area contributed by atoms with Gasteiger partial charge in [-0.25, -0.2) is 0 Å². The minimum atomic E-state index is 1.24. The first kappa shape index (κ1) is 14.1. The minimum Gasteiger partial charge on any atom is -0.354 e. The minimum absolute atomic E-state index is 1.24. The van der Waals surface area contributed by atoms with E-state index in [1.54, 1.807) is 0 Å². The van der Waals surface area contributed by atoms with Crippen LogP contribution < -0.4 is 0 Å². The van der Waals surface area contributed by atoms with E-state index in [1.807, 2.05) is 0 Å². The van der Waals surface area contributed by atoms with E-state index in [0.29, 0.717) is 0 Å². The number of aromatic nitrogens is 1. The van der Waals surface area contributed by atoms with Gasteiger partial charge < -0.3 is 4.98 Å². The maximum atomic E-state index is 3.72. The Kier molecular flexibility index (Phi) is 3.05. The largest absolute Gasteiger partial charge is 0.354 e. The number of hydrogen-bond donors (Lipinski definition) is 1. The van der Waals surface area contributed by atoms with Crippen LogP contribution in [0.2, 0.25) is 0 Å². The summed E-state index contributed by atoms with van der Waals surface area (Å²) >= 11 is 0. The number of nitrogens with one attached hydrogen (secondary N) is 1. The molecule has 4 rings (SSSR count). The average molecular weight is 299 g/mol. The van der Waals surface area contributed by atoms with Crippen LogP contribution in [0.5, 0.6) is 0 Å². The molecule has 0 amide bonds. The standard InChI is InChI=1S/C22H21N/c1-13-14(2)16(4)21-20(15(13)3)19-12-8-11-18(22(19)23-21)17-9-6-5-7-10-17/h5-12,23H,1-4H3. The Bertz CT molecular complexity index is 1040. The van der Waals surface area contributed by atoms with Gasteiger partial charge in [0.1, 0.15) is 0 Å². The zero-order chi connectivity index (χ0) is 16.1. The first-order valence-electron chi connectivity index (χ1n) is 8.15. The summed E-state index contributed by atoms with van der Waals surface area (Å²) < 4.78 is 0. The number of fused-ring (bicyclic) bond motifs is 3. The van der Waals surface area contributed by atoms with Crippen molar-refractivity contribution in [3.05, 3.63) is 70.8 Å². The lowest BCUT2D eigenvalue weighted by atomic mass is 9.94. The van der Waals surface area contributed by atoms with Crippen LogP contribution in [-0.4, -0.2) is 4.98 Å². The summed E-state index contributed by atoms with van der Waals surface area (Å²) in [5.74, 6) is 0. The molecule has 0 atom stereocenters. The van der Waals surface area contributed by atoms with Gasteiger partial charge in [-0.05, 0) is 55.5 Å². The molecule has 0 aliphatic rings. The highest BCUT2D eigenvalue weighted by Crippen LogP contribution is 2.38. The maximum Gasteiger partial charge on any atom is 0.0544 e. The summed E-state index contributed by atoms with van der Waals surface area (Å²) in [5.41, 5.74) is 10.6. The summed E-state index contributed by atoms with van der Waals surface area (Å²) in [6.45, 7) is 8.92. The first-order valence-corrected chi connectivity index (χ1v) is 8.15. The predicted octanol–water partition coefficient (Wildman–Crippen LogP) is 6.22. The highest BCUT2D eigenvalue weighted by Gasteiger charge is 2.15. The number of aromatic amines is 1. The number of aryl methyl sites for hydroxylation is 2. The van der Waals surface area contributed by atoms with Gasteiger partial charge in [0.05, 0.1) is 5.52 Å². The lowest BCUT2D eigenvalue weighted by molar-refractivity contribution is 1.24. The quantitative estimate of drug-likeness (QED) is 0.429. The fourth-order valence-electron chi connectivity index (χ4n) is 3.68. The third-order valence-corrected chi connectivity index (χ3v) is 5.36. The van der Waals surface area contributed by atoms with Crippen LogP contribution in [0, 0.1) is 27.7 Å². The molecular weight excluding hydrogens is 278 g/mol. The van der Waals surface area contributed by atoms with E-state index in [1.165, 1.54) is 55.2 Å². The fourth-order valence-corrected chi connectivity index (χ4v) is 3.68. The molecule has 3 aromatic carbocycles. The first-order chi connectivity index (χ1) is 11.1. The third-order valence-electron chi connectivity index (χ3n) is 5.36. The molecule has 0 radical (unpaired) electrons. The molecule has 1 N–H and O–H groups in total. The van der Waals surface area contributed by atoms with Crippen molar-refractivity contribution in [2.75, 3.05) is 0 Å². The molecule has 23 heavy (non-hydrogen) atoms. The van der Waals surface area contributed by atoms with Gasteiger partial charge in [-0.2, -0.15) is 0 Å². The molecular formula is C22H21N. The van der Waals surface area contributed by atoms with E-state index in [2.05, 4.69) is 81.2 Å². The van der Waals surface area contributed by atoms with Crippen LogP contribution in [0.4, 0.5) is 0 Å². The van der Waals surface area contributed by atoms with Gasteiger partial charge >= 0.3 is 0 Å². The van der Waals surface area contributed by atoms with Crippen LogP contribution in [-0.2, 0) is 0 Å². The molecule has 1 heteroatoms. The zero-order valence-electron chi connectivity index (χ0n) is 14.1. The summed E-state index contributed by atoms with van der Waals surface area (Å²) in [7, 11) is 0. The fraction of sp³-hybridized carbons (Fsp3) is 0.182. The van der Waals surface area contributed by atoms with E-state index in [-0.39, 0.29) is 0 Å². The number of para-hydroxylation sites is 1.